The molecule has 2 aromatic carbocycles. The highest BCUT2D eigenvalue weighted by molar-refractivity contribution is 5.78. The lowest BCUT2D eigenvalue weighted by atomic mass is 9.86. The number of hydrogen-bond donors (Lipinski definition) is 0. The van der Waals surface area contributed by atoms with Crippen LogP contribution in [0.1, 0.15) is 31.9 Å². The van der Waals surface area contributed by atoms with Crippen LogP contribution < -0.4 is 4.74 Å². The van der Waals surface area contributed by atoms with Crippen molar-refractivity contribution in [1.29, 1.82) is 0 Å². The number of benzene rings is 2. The highest BCUT2D eigenvalue weighted by Crippen LogP contribution is 2.22. The van der Waals surface area contributed by atoms with Crippen molar-refractivity contribution in [1.82, 2.24) is 4.98 Å². The zero-order chi connectivity index (χ0) is 17.2. The summed E-state index contributed by atoms with van der Waals surface area (Å²) in [4.78, 5) is 4.35. The van der Waals surface area contributed by atoms with Crippen molar-refractivity contribution in [2.45, 2.75) is 32.6 Å². The van der Waals surface area contributed by atoms with Crippen LogP contribution in [0, 0.1) is 5.82 Å². The van der Waals surface area contributed by atoms with Crippen LogP contribution in [0.15, 0.2) is 54.6 Å². The van der Waals surface area contributed by atoms with Gasteiger partial charge in [-0.05, 0) is 34.7 Å². The zero-order valence-electron chi connectivity index (χ0n) is 14.3. The molecule has 0 fully saturated rings. The summed E-state index contributed by atoms with van der Waals surface area (Å²) in [6, 6.07) is 16.9. The summed E-state index contributed by atoms with van der Waals surface area (Å²) in [6.45, 7) is 7.17. The maximum atomic E-state index is 13.3. The molecule has 124 valence electrons. The standard InChI is InChI=1S/C21H22FNO/c1-21(2,3)17-8-4-15(5-9-17)12-13-24-20-11-7-16-6-10-18(22)14-19(16)23-20/h4-11,14H,12-13H2,1-3H3. The van der Waals surface area contributed by atoms with Gasteiger partial charge in [0.25, 0.3) is 0 Å². The van der Waals surface area contributed by atoms with Gasteiger partial charge < -0.3 is 4.74 Å². The van der Waals surface area contributed by atoms with Gasteiger partial charge in [0.1, 0.15) is 5.82 Å². The van der Waals surface area contributed by atoms with E-state index in [1.807, 2.05) is 12.1 Å². The molecule has 0 saturated heterocycles. The van der Waals surface area contributed by atoms with Gasteiger partial charge in [0.2, 0.25) is 5.88 Å². The van der Waals surface area contributed by atoms with Gasteiger partial charge in [-0.25, -0.2) is 9.37 Å². The third-order valence-electron chi connectivity index (χ3n) is 4.09. The molecule has 0 aliphatic rings. The minimum atomic E-state index is -0.286. The number of fused-ring (bicyclic) bond motifs is 1. The highest BCUT2D eigenvalue weighted by atomic mass is 19.1. The number of hydrogen-bond acceptors (Lipinski definition) is 2. The minimum absolute atomic E-state index is 0.166. The van der Waals surface area contributed by atoms with Crippen molar-refractivity contribution in [2.24, 2.45) is 0 Å². The van der Waals surface area contributed by atoms with E-state index in [9.17, 15) is 4.39 Å². The molecule has 1 aromatic heterocycles. The molecule has 0 radical (unpaired) electrons. The number of aromatic nitrogens is 1. The lowest BCUT2D eigenvalue weighted by Gasteiger charge is -2.19. The fourth-order valence-corrected chi connectivity index (χ4v) is 2.60. The van der Waals surface area contributed by atoms with E-state index < -0.39 is 0 Å². The van der Waals surface area contributed by atoms with E-state index in [1.165, 1.54) is 23.3 Å². The van der Waals surface area contributed by atoms with E-state index in [0.29, 0.717) is 18.0 Å². The molecule has 1 heterocycles. The maximum Gasteiger partial charge on any atom is 0.213 e. The molecule has 0 unspecified atom stereocenters. The van der Waals surface area contributed by atoms with Gasteiger partial charge >= 0.3 is 0 Å². The quantitative estimate of drug-likeness (QED) is 0.650. The van der Waals surface area contributed by atoms with E-state index in [1.54, 1.807) is 6.07 Å². The Balaban J connectivity index is 1.62. The molecule has 24 heavy (non-hydrogen) atoms. The fourth-order valence-electron chi connectivity index (χ4n) is 2.60. The lowest BCUT2D eigenvalue weighted by molar-refractivity contribution is 0.310. The van der Waals surface area contributed by atoms with Crippen molar-refractivity contribution in [3.05, 3.63) is 71.5 Å². The number of rotatable bonds is 4. The van der Waals surface area contributed by atoms with Crippen molar-refractivity contribution < 1.29 is 9.13 Å². The lowest BCUT2D eigenvalue weighted by Crippen LogP contribution is -2.11. The van der Waals surface area contributed by atoms with E-state index in [0.717, 1.165) is 11.8 Å². The molecule has 0 amide bonds. The maximum absolute atomic E-state index is 13.3. The molecule has 0 saturated carbocycles. The van der Waals surface area contributed by atoms with Gasteiger partial charge in [-0.2, -0.15) is 0 Å². The van der Waals surface area contributed by atoms with Crippen molar-refractivity contribution in [3.63, 3.8) is 0 Å². The van der Waals surface area contributed by atoms with Crippen LogP contribution >= 0.6 is 0 Å². The highest BCUT2D eigenvalue weighted by Gasteiger charge is 2.12. The molecule has 0 aliphatic carbocycles. The Kier molecular flexibility index (Phi) is 4.52. The average Bonchev–Trinajstić information content (AvgIpc) is 2.54. The van der Waals surface area contributed by atoms with Gasteiger partial charge in [-0.3, -0.25) is 0 Å². The van der Waals surface area contributed by atoms with E-state index in [4.69, 9.17) is 4.74 Å². The van der Waals surface area contributed by atoms with Crippen molar-refractivity contribution >= 4 is 10.9 Å². The van der Waals surface area contributed by atoms with Gasteiger partial charge in [-0.15, -0.1) is 0 Å². The number of halogens is 1. The summed E-state index contributed by atoms with van der Waals surface area (Å²) >= 11 is 0. The topological polar surface area (TPSA) is 22.1 Å². The smallest absolute Gasteiger partial charge is 0.213 e. The number of ether oxygens (including phenoxy) is 1. The van der Waals surface area contributed by atoms with Gasteiger partial charge in [-0.1, -0.05) is 45.0 Å². The Morgan fingerprint density at radius 2 is 1.67 bits per heavy atom. The van der Waals surface area contributed by atoms with Crippen LogP contribution in [0.4, 0.5) is 4.39 Å². The largest absolute Gasteiger partial charge is 0.477 e. The van der Waals surface area contributed by atoms with Crippen LogP contribution in [0.5, 0.6) is 5.88 Å². The minimum Gasteiger partial charge on any atom is -0.477 e. The van der Waals surface area contributed by atoms with E-state index in [-0.39, 0.29) is 11.2 Å². The molecule has 0 aliphatic heterocycles. The first-order valence-electron chi connectivity index (χ1n) is 8.20. The van der Waals surface area contributed by atoms with Crippen LogP contribution in [0.25, 0.3) is 10.9 Å². The number of pyridine rings is 1. The van der Waals surface area contributed by atoms with Crippen LogP contribution in [-0.2, 0) is 11.8 Å². The summed E-state index contributed by atoms with van der Waals surface area (Å²) in [7, 11) is 0. The molecular weight excluding hydrogens is 301 g/mol. The molecule has 3 aromatic rings. The second-order valence-electron chi connectivity index (χ2n) is 7.03. The monoisotopic (exact) mass is 323 g/mol. The Hall–Kier alpha value is -2.42. The second-order valence-corrected chi connectivity index (χ2v) is 7.03. The van der Waals surface area contributed by atoms with Crippen LogP contribution in [0.2, 0.25) is 0 Å². The first-order valence-corrected chi connectivity index (χ1v) is 8.20. The SMILES string of the molecule is CC(C)(C)c1ccc(CCOc2ccc3ccc(F)cc3n2)cc1. The van der Waals surface area contributed by atoms with Gasteiger partial charge in [0, 0.05) is 23.9 Å². The first-order chi connectivity index (χ1) is 11.4. The third-order valence-corrected chi connectivity index (χ3v) is 4.09. The third kappa shape index (κ3) is 3.91. The van der Waals surface area contributed by atoms with Gasteiger partial charge in [0.05, 0.1) is 12.1 Å². The Morgan fingerprint density at radius 1 is 0.958 bits per heavy atom. The van der Waals surface area contributed by atoms with Crippen molar-refractivity contribution in [2.75, 3.05) is 6.61 Å². The van der Waals surface area contributed by atoms with Crippen molar-refractivity contribution in [3.8, 4) is 5.88 Å². The second kappa shape index (κ2) is 6.60. The van der Waals surface area contributed by atoms with E-state index in [2.05, 4.69) is 50.0 Å². The Morgan fingerprint density at radius 3 is 2.38 bits per heavy atom. The Labute approximate surface area is 142 Å². The summed E-state index contributed by atoms with van der Waals surface area (Å²) in [5, 5.41) is 0.904. The summed E-state index contributed by atoms with van der Waals surface area (Å²) in [6.07, 6.45) is 0.813. The predicted octanol–water partition coefficient (Wildman–Crippen LogP) is 5.29. The molecule has 0 atom stereocenters. The average molecular weight is 323 g/mol. The summed E-state index contributed by atoms with van der Waals surface area (Å²) in [5.41, 5.74) is 3.33. The van der Waals surface area contributed by atoms with Crippen LogP contribution in [0.3, 0.4) is 0 Å². The number of nitrogens with zero attached hydrogens (tertiary/aromatic N) is 1. The molecule has 0 spiro atoms. The summed E-state index contributed by atoms with van der Waals surface area (Å²) in [5.74, 6) is 0.241. The molecule has 3 heteroatoms. The van der Waals surface area contributed by atoms with Crippen LogP contribution in [-0.4, -0.2) is 11.6 Å². The molecular formula is C21H22FNO. The molecule has 3 rings (SSSR count). The Bertz CT molecular complexity index is 835. The normalized spacial score (nSPS) is 11.7. The summed E-state index contributed by atoms with van der Waals surface area (Å²) < 4.78 is 19.0. The molecule has 0 N–H and O–H groups in total. The first kappa shape index (κ1) is 16.4. The zero-order valence-corrected chi connectivity index (χ0v) is 14.3. The fraction of sp³-hybridized carbons (Fsp3) is 0.286. The van der Waals surface area contributed by atoms with Gasteiger partial charge in [0.15, 0.2) is 0 Å². The predicted molar refractivity (Wildman–Crippen MR) is 96.0 cm³/mol. The molecule has 0 bridgehead atoms. The molecule has 2 nitrogen and oxygen atoms in total. The van der Waals surface area contributed by atoms with E-state index >= 15 is 0 Å².